The molecule has 20 heavy (non-hydrogen) atoms. The van der Waals surface area contributed by atoms with Crippen LogP contribution in [0.3, 0.4) is 0 Å². The number of halogens is 1. The van der Waals surface area contributed by atoms with Crippen molar-refractivity contribution in [2.75, 3.05) is 23.4 Å². The van der Waals surface area contributed by atoms with Crippen LogP contribution in [0.15, 0.2) is 28.7 Å². The molecule has 1 aliphatic heterocycles. The molecule has 7 heteroatoms. The van der Waals surface area contributed by atoms with Gasteiger partial charge in [-0.3, -0.25) is 4.79 Å². The zero-order valence-electron chi connectivity index (χ0n) is 10.9. The number of rotatable bonds is 4. The summed E-state index contributed by atoms with van der Waals surface area (Å²) in [7, 11) is -2.94. The van der Waals surface area contributed by atoms with Crippen LogP contribution < -0.4 is 10.6 Å². The summed E-state index contributed by atoms with van der Waals surface area (Å²) in [5.74, 6) is 0.213. The summed E-state index contributed by atoms with van der Waals surface area (Å²) in [6.45, 7) is 0.121. The molecule has 1 atom stereocenters. The zero-order chi connectivity index (χ0) is 14.6. The van der Waals surface area contributed by atoms with Gasteiger partial charge in [0.25, 0.3) is 0 Å². The van der Waals surface area contributed by atoms with E-state index in [9.17, 15) is 13.2 Å². The minimum atomic E-state index is -2.94. The average Bonchev–Trinajstić information content (AvgIpc) is 2.38. The highest BCUT2D eigenvalue weighted by atomic mass is 79.9. The van der Waals surface area contributed by atoms with Gasteiger partial charge in [0.05, 0.1) is 18.1 Å². The fourth-order valence-electron chi connectivity index (χ4n) is 2.16. The second kappa shape index (κ2) is 6.69. The van der Waals surface area contributed by atoms with E-state index in [1.54, 1.807) is 12.1 Å². The molecular weight excluding hydrogens is 344 g/mol. The van der Waals surface area contributed by atoms with Crippen LogP contribution in [0.1, 0.15) is 12.8 Å². The maximum atomic E-state index is 11.8. The van der Waals surface area contributed by atoms with Crippen LogP contribution >= 0.6 is 15.9 Å². The second-order valence-corrected chi connectivity index (χ2v) is 8.03. The number of hydrogen-bond acceptors (Lipinski definition) is 4. The van der Waals surface area contributed by atoms with Gasteiger partial charge < -0.3 is 10.6 Å². The lowest BCUT2D eigenvalue weighted by molar-refractivity contribution is -0.115. The standard InChI is InChI=1S/C13H17BrN2O3S/c14-10-3-5-11(6-4-10)16-13(17)8-15-12-2-1-7-20(18,19)9-12/h3-6,12,15H,1-2,7-9H2,(H,16,17). The molecule has 110 valence electrons. The Balaban J connectivity index is 1.79. The van der Waals surface area contributed by atoms with E-state index in [1.165, 1.54) is 0 Å². The van der Waals surface area contributed by atoms with Gasteiger partial charge in [-0.15, -0.1) is 0 Å². The molecule has 5 nitrogen and oxygen atoms in total. The van der Waals surface area contributed by atoms with Crippen molar-refractivity contribution in [2.24, 2.45) is 0 Å². The van der Waals surface area contributed by atoms with Gasteiger partial charge in [-0.05, 0) is 37.1 Å². The number of hydrogen-bond donors (Lipinski definition) is 2. The molecule has 1 fully saturated rings. The third kappa shape index (κ3) is 4.88. The molecule has 2 rings (SSSR count). The lowest BCUT2D eigenvalue weighted by atomic mass is 10.2. The zero-order valence-corrected chi connectivity index (χ0v) is 13.3. The van der Waals surface area contributed by atoms with E-state index in [1.807, 2.05) is 12.1 Å². The van der Waals surface area contributed by atoms with Gasteiger partial charge in [0.1, 0.15) is 0 Å². The highest BCUT2D eigenvalue weighted by molar-refractivity contribution is 9.10. The molecule has 0 bridgehead atoms. The predicted molar refractivity (Wildman–Crippen MR) is 82.5 cm³/mol. The fourth-order valence-corrected chi connectivity index (χ4v) is 4.09. The molecule has 1 heterocycles. The van der Waals surface area contributed by atoms with Crippen molar-refractivity contribution in [2.45, 2.75) is 18.9 Å². The molecule has 1 saturated heterocycles. The third-order valence-corrected chi connectivity index (χ3v) is 5.49. The Morgan fingerprint density at radius 3 is 2.65 bits per heavy atom. The molecule has 1 aliphatic rings. The topological polar surface area (TPSA) is 75.3 Å². The predicted octanol–water partition coefficient (Wildman–Crippen LogP) is 1.55. The second-order valence-electron chi connectivity index (χ2n) is 4.89. The number of benzene rings is 1. The van der Waals surface area contributed by atoms with Gasteiger partial charge in [-0.1, -0.05) is 15.9 Å². The van der Waals surface area contributed by atoms with Crippen molar-refractivity contribution in [3.8, 4) is 0 Å². The number of nitrogens with one attached hydrogen (secondary N) is 2. The molecule has 0 saturated carbocycles. The van der Waals surface area contributed by atoms with Crippen LogP contribution in [0, 0.1) is 0 Å². The fraction of sp³-hybridized carbons (Fsp3) is 0.462. The number of carbonyl (C=O) groups excluding carboxylic acids is 1. The van der Waals surface area contributed by atoms with Crippen molar-refractivity contribution in [1.29, 1.82) is 0 Å². The Morgan fingerprint density at radius 2 is 2.00 bits per heavy atom. The molecule has 1 amide bonds. The van der Waals surface area contributed by atoms with Crippen LogP contribution in [0.4, 0.5) is 5.69 Å². The van der Waals surface area contributed by atoms with E-state index in [0.717, 1.165) is 16.6 Å². The lowest BCUT2D eigenvalue weighted by Crippen LogP contribution is -2.43. The molecule has 0 aromatic heterocycles. The first-order valence-corrected chi connectivity index (χ1v) is 9.05. The molecule has 0 spiro atoms. The summed E-state index contributed by atoms with van der Waals surface area (Å²) in [6, 6.07) is 7.16. The molecule has 0 aliphatic carbocycles. The van der Waals surface area contributed by atoms with Crippen molar-refractivity contribution in [1.82, 2.24) is 5.32 Å². The monoisotopic (exact) mass is 360 g/mol. The quantitative estimate of drug-likeness (QED) is 0.854. The van der Waals surface area contributed by atoms with Gasteiger partial charge in [-0.25, -0.2) is 8.42 Å². The van der Waals surface area contributed by atoms with Gasteiger partial charge >= 0.3 is 0 Å². The Hall–Kier alpha value is -0.920. The summed E-state index contributed by atoms with van der Waals surface area (Å²) >= 11 is 3.32. The Bertz CT molecular complexity index is 572. The van der Waals surface area contributed by atoms with E-state index < -0.39 is 9.84 Å². The Labute approximate surface area is 127 Å². The molecule has 2 N–H and O–H groups in total. The van der Waals surface area contributed by atoms with Crippen molar-refractivity contribution in [3.63, 3.8) is 0 Å². The summed E-state index contributed by atoms with van der Waals surface area (Å²) < 4.78 is 23.9. The minimum absolute atomic E-state index is 0.121. The molecule has 1 aromatic rings. The van der Waals surface area contributed by atoms with Crippen LogP contribution in [0.25, 0.3) is 0 Å². The van der Waals surface area contributed by atoms with E-state index in [0.29, 0.717) is 6.42 Å². The summed E-state index contributed by atoms with van der Waals surface area (Å²) in [6.07, 6.45) is 1.46. The van der Waals surface area contributed by atoms with E-state index in [-0.39, 0.29) is 30.0 Å². The summed E-state index contributed by atoms with van der Waals surface area (Å²) in [5.41, 5.74) is 0.719. The largest absolute Gasteiger partial charge is 0.325 e. The molecule has 1 aromatic carbocycles. The smallest absolute Gasteiger partial charge is 0.238 e. The Kier molecular flexibility index (Phi) is 5.17. The van der Waals surface area contributed by atoms with Crippen LogP contribution in [-0.2, 0) is 14.6 Å². The van der Waals surface area contributed by atoms with Gasteiger partial charge in [0, 0.05) is 16.2 Å². The van der Waals surface area contributed by atoms with Crippen molar-refractivity contribution >= 4 is 37.4 Å². The normalized spacial score (nSPS) is 21.4. The van der Waals surface area contributed by atoms with Crippen LogP contribution in [0.5, 0.6) is 0 Å². The summed E-state index contributed by atoms with van der Waals surface area (Å²) in [5, 5.41) is 5.77. The SMILES string of the molecule is O=C(CNC1CCCS(=O)(=O)C1)Nc1ccc(Br)cc1. The number of carbonyl (C=O) groups is 1. The first kappa shape index (κ1) is 15.5. The highest BCUT2D eigenvalue weighted by Crippen LogP contribution is 2.14. The van der Waals surface area contributed by atoms with E-state index in [4.69, 9.17) is 0 Å². The summed E-state index contributed by atoms with van der Waals surface area (Å²) in [4.78, 5) is 11.8. The maximum absolute atomic E-state index is 11.8. The van der Waals surface area contributed by atoms with Gasteiger partial charge in [0.2, 0.25) is 5.91 Å². The van der Waals surface area contributed by atoms with E-state index >= 15 is 0 Å². The van der Waals surface area contributed by atoms with Crippen molar-refractivity contribution in [3.05, 3.63) is 28.7 Å². The first-order chi connectivity index (χ1) is 9.44. The van der Waals surface area contributed by atoms with E-state index in [2.05, 4.69) is 26.6 Å². The van der Waals surface area contributed by atoms with Crippen LogP contribution in [-0.4, -0.2) is 38.4 Å². The maximum Gasteiger partial charge on any atom is 0.238 e. The third-order valence-electron chi connectivity index (χ3n) is 3.14. The lowest BCUT2D eigenvalue weighted by Gasteiger charge is -2.22. The number of amides is 1. The molecule has 0 radical (unpaired) electrons. The Morgan fingerprint density at radius 1 is 1.30 bits per heavy atom. The number of sulfone groups is 1. The first-order valence-electron chi connectivity index (χ1n) is 6.44. The van der Waals surface area contributed by atoms with Gasteiger partial charge in [0.15, 0.2) is 9.84 Å². The van der Waals surface area contributed by atoms with Crippen molar-refractivity contribution < 1.29 is 13.2 Å². The molecular formula is C13H17BrN2O3S. The van der Waals surface area contributed by atoms with Gasteiger partial charge in [-0.2, -0.15) is 0 Å². The van der Waals surface area contributed by atoms with Crippen LogP contribution in [0.2, 0.25) is 0 Å². The minimum Gasteiger partial charge on any atom is -0.325 e. The highest BCUT2D eigenvalue weighted by Gasteiger charge is 2.24. The number of anilines is 1. The average molecular weight is 361 g/mol. The molecule has 1 unspecified atom stereocenters.